The lowest BCUT2D eigenvalue weighted by atomic mass is 9.92. The number of hydrogen-bond donors (Lipinski definition) is 1. The molecule has 1 unspecified atom stereocenters. The molecule has 0 aromatic carbocycles. The molecule has 1 aliphatic carbocycles. The summed E-state index contributed by atoms with van der Waals surface area (Å²) in [6.45, 7) is 4.26. The fourth-order valence-corrected chi connectivity index (χ4v) is 5.18. The Hall–Kier alpha value is -0.920. The van der Waals surface area contributed by atoms with Gasteiger partial charge in [-0.3, -0.25) is 0 Å². The van der Waals surface area contributed by atoms with Crippen LogP contribution < -0.4 is 4.72 Å². The molecular weight excluding hydrogens is 298 g/mol. The van der Waals surface area contributed by atoms with Crippen LogP contribution in [0.1, 0.15) is 42.8 Å². The highest BCUT2D eigenvalue weighted by Gasteiger charge is 2.34. The quantitative estimate of drug-likeness (QED) is 0.866. The number of nitrogens with one attached hydrogen (secondary N) is 1. The number of ether oxygens (including phenoxy) is 1. The van der Waals surface area contributed by atoms with Gasteiger partial charge in [0.15, 0.2) is 0 Å². The minimum absolute atomic E-state index is 0.0130. The number of carbonyl (C=O) groups excluding carboxylic acids is 1. The van der Waals surface area contributed by atoms with Crippen LogP contribution in [-0.4, -0.2) is 27.5 Å². The van der Waals surface area contributed by atoms with Crippen LogP contribution in [0.5, 0.6) is 0 Å². The summed E-state index contributed by atoms with van der Waals surface area (Å²) >= 11 is 1.07. The van der Waals surface area contributed by atoms with Crippen LogP contribution in [0.25, 0.3) is 0 Å². The van der Waals surface area contributed by atoms with Gasteiger partial charge in [0.1, 0.15) is 9.77 Å². The minimum atomic E-state index is -3.68. The third-order valence-electron chi connectivity index (χ3n) is 3.58. The van der Waals surface area contributed by atoms with Crippen LogP contribution in [0.4, 0.5) is 0 Å². The molecule has 0 saturated heterocycles. The Labute approximate surface area is 123 Å². The van der Waals surface area contributed by atoms with Gasteiger partial charge in [-0.15, -0.1) is 11.3 Å². The van der Waals surface area contributed by atoms with Crippen molar-refractivity contribution in [3.05, 3.63) is 16.3 Å². The van der Waals surface area contributed by atoms with Gasteiger partial charge >= 0.3 is 5.97 Å². The van der Waals surface area contributed by atoms with Crippen LogP contribution in [0.3, 0.4) is 0 Å². The summed E-state index contributed by atoms with van der Waals surface area (Å²) in [6, 6.07) is 1.37. The standard InChI is InChI=1S/C13H19NO4S2/c1-13(2)6-4-9(8-13)14-20(16,17)10-5-7-19-11(10)12(15)18-3/h5,7,9,14H,4,6,8H2,1-3H3. The molecule has 1 fully saturated rings. The molecule has 0 radical (unpaired) electrons. The first-order valence-corrected chi connectivity index (χ1v) is 8.80. The zero-order chi connectivity index (χ0) is 15.0. The molecule has 1 aromatic rings. The topological polar surface area (TPSA) is 72.5 Å². The van der Waals surface area contributed by atoms with Crippen LogP contribution in [-0.2, 0) is 14.8 Å². The smallest absolute Gasteiger partial charge is 0.349 e. The van der Waals surface area contributed by atoms with Crippen molar-refractivity contribution in [1.82, 2.24) is 4.72 Å². The average Bonchev–Trinajstić information content (AvgIpc) is 2.94. The Bertz CT molecular complexity index is 604. The fourth-order valence-electron chi connectivity index (χ4n) is 2.57. The molecule has 1 heterocycles. The largest absolute Gasteiger partial charge is 0.465 e. The lowest BCUT2D eigenvalue weighted by molar-refractivity contribution is 0.0602. The second-order valence-corrected chi connectivity index (χ2v) is 8.43. The predicted molar refractivity (Wildman–Crippen MR) is 77.4 cm³/mol. The highest BCUT2D eigenvalue weighted by Crippen LogP contribution is 2.37. The van der Waals surface area contributed by atoms with Crippen LogP contribution >= 0.6 is 11.3 Å². The van der Waals surface area contributed by atoms with Crippen molar-refractivity contribution in [3.63, 3.8) is 0 Å². The first-order chi connectivity index (χ1) is 9.25. The van der Waals surface area contributed by atoms with Crippen LogP contribution in [0.15, 0.2) is 16.3 Å². The van der Waals surface area contributed by atoms with E-state index in [0.717, 1.165) is 30.6 Å². The molecule has 20 heavy (non-hydrogen) atoms. The molecule has 0 aliphatic heterocycles. The lowest BCUT2D eigenvalue weighted by Crippen LogP contribution is -2.34. The molecule has 1 N–H and O–H groups in total. The normalized spacial score (nSPS) is 21.9. The van der Waals surface area contributed by atoms with Crippen molar-refractivity contribution in [3.8, 4) is 0 Å². The molecule has 1 aliphatic rings. The van der Waals surface area contributed by atoms with E-state index >= 15 is 0 Å². The first-order valence-electron chi connectivity index (χ1n) is 6.43. The predicted octanol–water partition coefficient (Wildman–Crippen LogP) is 2.39. The first kappa shape index (κ1) is 15.5. The molecule has 112 valence electrons. The van der Waals surface area contributed by atoms with Gasteiger partial charge in [-0.1, -0.05) is 13.8 Å². The molecule has 2 rings (SSSR count). The number of rotatable bonds is 4. The van der Waals surface area contributed by atoms with Crippen LogP contribution in [0, 0.1) is 5.41 Å². The van der Waals surface area contributed by atoms with E-state index in [1.54, 1.807) is 5.38 Å². The molecular formula is C13H19NO4S2. The zero-order valence-electron chi connectivity index (χ0n) is 11.8. The highest BCUT2D eigenvalue weighted by atomic mass is 32.2. The molecule has 1 aromatic heterocycles. The lowest BCUT2D eigenvalue weighted by Gasteiger charge is -2.17. The van der Waals surface area contributed by atoms with Gasteiger partial charge in [0, 0.05) is 6.04 Å². The van der Waals surface area contributed by atoms with Gasteiger partial charge < -0.3 is 4.74 Å². The number of esters is 1. The van der Waals surface area contributed by atoms with Crippen molar-refractivity contribution in [1.29, 1.82) is 0 Å². The summed E-state index contributed by atoms with van der Waals surface area (Å²) in [4.78, 5) is 11.7. The van der Waals surface area contributed by atoms with E-state index in [2.05, 4.69) is 23.3 Å². The van der Waals surface area contributed by atoms with E-state index in [9.17, 15) is 13.2 Å². The van der Waals surface area contributed by atoms with E-state index in [4.69, 9.17) is 0 Å². The maximum Gasteiger partial charge on any atom is 0.349 e. The van der Waals surface area contributed by atoms with E-state index in [-0.39, 0.29) is 21.2 Å². The summed E-state index contributed by atoms with van der Waals surface area (Å²) in [7, 11) is -2.44. The maximum absolute atomic E-state index is 12.4. The third kappa shape index (κ3) is 3.21. The molecule has 1 atom stereocenters. The summed E-state index contributed by atoms with van der Waals surface area (Å²) in [5.74, 6) is -0.618. The molecule has 5 nitrogen and oxygen atoms in total. The van der Waals surface area contributed by atoms with Crippen molar-refractivity contribution in [2.45, 2.75) is 44.0 Å². The zero-order valence-corrected chi connectivity index (χ0v) is 13.4. The highest BCUT2D eigenvalue weighted by molar-refractivity contribution is 7.89. The van der Waals surface area contributed by atoms with Crippen molar-refractivity contribution >= 4 is 27.3 Å². The summed E-state index contributed by atoms with van der Waals surface area (Å²) in [5, 5.41) is 1.58. The maximum atomic E-state index is 12.4. The van der Waals surface area contributed by atoms with E-state index < -0.39 is 16.0 Å². The fraction of sp³-hybridized carbons (Fsp3) is 0.615. The Kier molecular flexibility index (Phi) is 4.22. The van der Waals surface area contributed by atoms with E-state index in [1.807, 2.05) is 0 Å². The minimum Gasteiger partial charge on any atom is -0.465 e. The second kappa shape index (κ2) is 5.46. The third-order valence-corrected chi connectivity index (χ3v) is 6.17. The number of hydrogen-bond acceptors (Lipinski definition) is 5. The summed E-state index contributed by atoms with van der Waals surface area (Å²) < 4.78 is 32.1. The van der Waals surface area contributed by atoms with Gasteiger partial charge in [-0.25, -0.2) is 17.9 Å². The van der Waals surface area contributed by atoms with Gasteiger partial charge in [0.05, 0.1) is 7.11 Å². The molecule has 0 bridgehead atoms. The van der Waals surface area contributed by atoms with Gasteiger partial charge in [0.2, 0.25) is 10.0 Å². The number of thiophene rings is 1. The van der Waals surface area contributed by atoms with Gasteiger partial charge in [-0.05, 0) is 36.1 Å². The van der Waals surface area contributed by atoms with Crippen molar-refractivity contribution in [2.75, 3.05) is 7.11 Å². The number of sulfonamides is 1. The Balaban J connectivity index is 2.20. The van der Waals surface area contributed by atoms with E-state index in [1.165, 1.54) is 13.2 Å². The molecule has 1 saturated carbocycles. The van der Waals surface area contributed by atoms with Crippen molar-refractivity contribution in [2.24, 2.45) is 5.41 Å². The SMILES string of the molecule is COC(=O)c1sccc1S(=O)(=O)NC1CCC(C)(C)C1. The second-order valence-electron chi connectivity index (χ2n) is 5.83. The Morgan fingerprint density at radius 2 is 2.20 bits per heavy atom. The molecule has 7 heteroatoms. The van der Waals surface area contributed by atoms with Gasteiger partial charge in [0.25, 0.3) is 0 Å². The summed E-state index contributed by atoms with van der Waals surface area (Å²) in [5.41, 5.74) is 0.160. The van der Waals surface area contributed by atoms with Gasteiger partial charge in [-0.2, -0.15) is 0 Å². The molecule has 0 spiro atoms. The van der Waals surface area contributed by atoms with E-state index in [0.29, 0.717) is 0 Å². The Morgan fingerprint density at radius 1 is 1.50 bits per heavy atom. The van der Waals surface area contributed by atoms with Crippen molar-refractivity contribution < 1.29 is 17.9 Å². The Morgan fingerprint density at radius 3 is 2.75 bits per heavy atom. The average molecular weight is 317 g/mol. The summed E-state index contributed by atoms with van der Waals surface area (Å²) in [6.07, 6.45) is 2.63. The number of carbonyl (C=O) groups is 1. The number of methoxy groups -OCH3 is 1. The molecule has 0 amide bonds. The van der Waals surface area contributed by atoms with Crippen LogP contribution in [0.2, 0.25) is 0 Å². The monoisotopic (exact) mass is 317 g/mol.